The molecule has 0 aliphatic carbocycles. The lowest BCUT2D eigenvalue weighted by atomic mass is 10.1. The maximum atomic E-state index is 12.7. The van der Waals surface area contributed by atoms with Crippen LogP contribution in [0, 0.1) is 6.92 Å². The summed E-state index contributed by atoms with van der Waals surface area (Å²) in [6.07, 6.45) is 5.17. The summed E-state index contributed by atoms with van der Waals surface area (Å²) in [5.74, 6) is -0.0569. The number of para-hydroxylation sites is 1. The maximum absolute atomic E-state index is 12.7. The van der Waals surface area contributed by atoms with E-state index < -0.39 is 0 Å². The predicted molar refractivity (Wildman–Crippen MR) is 117 cm³/mol. The number of amides is 1. The molecule has 0 saturated carbocycles. The third-order valence-electron chi connectivity index (χ3n) is 4.95. The Morgan fingerprint density at radius 3 is 2.79 bits per heavy atom. The molecule has 4 aromatic rings. The number of aromatic nitrogens is 4. The first-order chi connectivity index (χ1) is 14.1. The molecule has 0 radical (unpaired) electrons. The molecule has 0 saturated heterocycles. The smallest absolute Gasteiger partial charge is 0.261 e. The van der Waals surface area contributed by atoms with Crippen molar-refractivity contribution in [3.8, 4) is 5.69 Å². The highest BCUT2D eigenvalue weighted by molar-refractivity contribution is 7.20. The Morgan fingerprint density at radius 2 is 2.10 bits per heavy atom. The molecule has 1 atom stereocenters. The molecular formula is C21H22ClN5OS. The second-order valence-electron chi connectivity index (χ2n) is 6.91. The van der Waals surface area contributed by atoms with Crippen LogP contribution in [0.25, 0.3) is 15.9 Å². The molecule has 0 aliphatic rings. The molecule has 0 bridgehead atoms. The first-order valence-electron chi connectivity index (χ1n) is 9.59. The van der Waals surface area contributed by atoms with E-state index in [1.54, 1.807) is 6.20 Å². The average Bonchev–Trinajstić information content (AvgIpc) is 3.43. The monoisotopic (exact) mass is 427 g/mol. The summed E-state index contributed by atoms with van der Waals surface area (Å²) in [6, 6.07) is 12.1. The highest BCUT2D eigenvalue weighted by atomic mass is 35.5. The highest BCUT2D eigenvalue weighted by Crippen LogP contribution is 2.30. The number of hydrogen-bond donors (Lipinski definition) is 1. The van der Waals surface area contributed by atoms with Crippen molar-refractivity contribution in [1.82, 2.24) is 24.9 Å². The van der Waals surface area contributed by atoms with Crippen molar-refractivity contribution in [2.75, 3.05) is 6.54 Å². The SMILES string of the molecule is CCC(CCNC(=O)c1cc2c(C)nn(-c3ccccc3)c2s1)n1cc(Cl)cn1. The molecule has 0 spiro atoms. The van der Waals surface area contributed by atoms with Crippen molar-refractivity contribution in [2.24, 2.45) is 0 Å². The zero-order valence-corrected chi connectivity index (χ0v) is 17.9. The van der Waals surface area contributed by atoms with Crippen molar-refractivity contribution < 1.29 is 4.79 Å². The molecule has 3 heterocycles. The number of carbonyl (C=O) groups is 1. The lowest BCUT2D eigenvalue weighted by Gasteiger charge is -2.15. The van der Waals surface area contributed by atoms with Crippen LogP contribution in [0.1, 0.15) is 41.2 Å². The van der Waals surface area contributed by atoms with Gasteiger partial charge in [0.05, 0.1) is 33.5 Å². The number of halogens is 1. The van der Waals surface area contributed by atoms with Gasteiger partial charge in [-0.2, -0.15) is 10.2 Å². The number of nitrogens with zero attached hydrogens (tertiary/aromatic N) is 4. The molecule has 0 aliphatic heterocycles. The first-order valence-corrected chi connectivity index (χ1v) is 10.8. The number of aryl methyl sites for hydroxylation is 1. The van der Waals surface area contributed by atoms with Crippen molar-refractivity contribution >= 4 is 39.1 Å². The van der Waals surface area contributed by atoms with Gasteiger partial charge in [-0.25, -0.2) is 4.68 Å². The summed E-state index contributed by atoms with van der Waals surface area (Å²) in [7, 11) is 0. The maximum Gasteiger partial charge on any atom is 0.261 e. The Bertz CT molecular complexity index is 1130. The Balaban J connectivity index is 1.46. The zero-order valence-electron chi connectivity index (χ0n) is 16.3. The Labute approximate surface area is 178 Å². The van der Waals surface area contributed by atoms with E-state index in [0.717, 1.165) is 34.4 Å². The van der Waals surface area contributed by atoms with E-state index in [9.17, 15) is 4.79 Å². The molecule has 29 heavy (non-hydrogen) atoms. The average molecular weight is 428 g/mol. The van der Waals surface area contributed by atoms with Gasteiger partial charge in [0, 0.05) is 18.1 Å². The van der Waals surface area contributed by atoms with Gasteiger partial charge in [0.2, 0.25) is 0 Å². The summed E-state index contributed by atoms with van der Waals surface area (Å²) >= 11 is 7.43. The van der Waals surface area contributed by atoms with E-state index in [1.165, 1.54) is 11.3 Å². The zero-order chi connectivity index (χ0) is 20.4. The van der Waals surface area contributed by atoms with Gasteiger partial charge in [-0.1, -0.05) is 36.7 Å². The van der Waals surface area contributed by atoms with Gasteiger partial charge < -0.3 is 5.32 Å². The van der Waals surface area contributed by atoms with Crippen LogP contribution in [-0.2, 0) is 0 Å². The largest absolute Gasteiger partial charge is 0.351 e. The lowest BCUT2D eigenvalue weighted by Crippen LogP contribution is -2.26. The standard InChI is InChI=1S/C21H22ClN5OS/c1-3-16(26-13-15(22)12-24-26)9-10-23-20(28)19-11-18-14(2)25-27(21(18)29-19)17-7-5-4-6-8-17/h4-8,11-13,16H,3,9-10H2,1-2H3,(H,23,28). The van der Waals surface area contributed by atoms with Crippen LogP contribution >= 0.6 is 22.9 Å². The highest BCUT2D eigenvalue weighted by Gasteiger charge is 2.17. The van der Waals surface area contributed by atoms with Crippen LogP contribution in [-0.4, -0.2) is 32.0 Å². The van der Waals surface area contributed by atoms with E-state index in [2.05, 4.69) is 22.4 Å². The van der Waals surface area contributed by atoms with Gasteiger partial charge in [-0.05, 0) is 38.0 Å². The van der Waals surface area contributed by atoms with E-state index in [-0.39, 0.29) is 11.9 Å². The third kappa shape index (κ3) is 4.06. The van der Waals surface area contributed by atoms with E-state index in [4.69, 9.17) is 11.6 Å². The fourth-order valence-electron chi connectivity index (χ4n) is 3.38. The lowest BCUT2D eigenvalue weighted by molar-refractivity contribution is 0.0955. The van der Waals surface area contributed by atoms with Crippen molar-refractivity contribution in [3.05, 3.63) is 64.4 Å². The predicted octanol–water partition coefficient (Wildman–Crippen LogP) is 5.02. The van der Waals surface area contributed by atoms with Gasteiger partial charge in [-0.3, -0.25) is 9.48 Å². The number of thiophene rings is 1. The summed E-state index contributed by atoms with van der Waals surface area (Å²) in [6.45, 7) is 4.65. The Hall–Kier alpha value is -2.64. The quantitative estimate of drug-likeness (QED) is 0.450. The number of hydrogen-bond acceptors (Lipinski definition) is 4. The molecule has 1 unspecified atom stereocenters. The van der Waals surface area contributed by atoms with Crippen LogP contribution < -0.4 is 5.32 Å². The van der Waals surface area contributed by atoms with Gasteiger partial charge in [-0.15, -0.1) is 11.3 Å². The normalized spacial score (nSPS) is 12.4. The van der Waals surface area contributed by atoms with Crippen LogP contribution in [0.5, 0.6) is 0 Å². The van der Waals surface area contributed by atoms with Crippen molar-refractivity contribution in [3.63, 3.8) is 0 Å². The molecule has 4 rings (SSSR count). The third-order valence-corrected chi connectivity index (χ3v) is 6.25. The summed E-state index contributed by atoms with van der Waals surface area (Å²) in [5.41, 5.74) is 1.91. The molecule has 150 valence electrons. The second kappa shape index (κ2) is 8.39. The van der Waals surface area contributed by atoms with Crippen molar-refractivity contribution in [2.45, 2.75) is 32.7 Å². The van der Waals surface area contributed by atoms with E-state index in [0.29, 0.717) is 16.4 Å². The number of fused-ring (bicyclic) bond motifs is 1. The van der Waals surface area contributed by atoms with Gasteiger partial charge >= 0.3 is 0 Å². The summed E-state index contributed by atoms with van der Waals surface area (Å²) < 4.78 is 3.77. The topological polar surface area (TPSA) is 64.7 Å². The van der Waals surface area contributed by atoms with Crippen LogP contribution in [0.4, 0.5) is 0 Å². The fraction of sp³-hybridized carbons (Fsp3) is 0.286. The molecule has 1 amide bonds. The van der Waals surface area contributed by atoms with Crippen LogP contribution in [0.15, 0.2) is 48.8 Å². The Kier molecular flexibility index (Phi) is 5.69. The van der Waals surface area contributed by atoms with Gasteiger partial charge in [0.1, 0.15) is 4.83 Å². The minimum Gasteiger partial charge on any atom is -0.351 e. The van der Waals surface area contributed by atoms with Crippen LogP contribution in [0.3, 0.4) is 0 Å². The second-order valence-corrected chi connectivity index (χ2v) is 8.37. The number of benzene rings is 1. The van der Waals surface area contributed by atoms with Gasteiger partial charge in [0.15, 0.2) is 0 Å². The number of nitrogens with one attached hydrogen (secondary N) is 1. The molecule has 3 aromatic heterocycles. The van der Waals surface area contributed by atoms with E-state index in [1.807, 2.05) is 58.9 Å². The van der Waals surface area contributed by atoms with E-state index >= 15 is 0 Å². The van der Waals surface area contributed by atoms with Gasteiger partial charge in [0.25, 0.3) is 5.91 Å². The number of rotatable bonds is 7. The molecule has 0 fully saturated rings. The first kappa shape index (κ1) is 19.7. The minimum absolute atomic E-state index is 0.0569. The van der Waals surface area contributed by atoms with Crippen molar-refractivity contribution in [1.29, 1.82) is 0 Å². The molecular weight excluding hydrogens is 406 g/mol. The summed E-state index contributed by atoms with van der Waals surface area (Å²) in [5, 5.41) is 13.6. The molecule has 1 N–H and O–H groups in total. The van der Waals surface area contributed by atoms with Crippen LogP contribution in [0.2, 0.25) is 5.02 Å². The Morgan fingerprint density at radius 1 is 1.31 bits per heavy atom. The molecule has 6 nitrogen and oxygen atoms in total. The molecule has 8 heteroatoms. The fourth-order valence-corrected chi connectivity index (χ4v) is 4.62. The molecule has 1 aromatic carbocycles. The minimum atomic E-state index is -0.0569. The summed E-state index contributed by atoms with van der Waals surface area (Å²) in [4.78, 5) is 14.4. The number of carbonyl (C=O) groups excluding carboxylic acids is 1.